The van der Waals surface area contributed by atoms with E-state index in [-0.39, 0.29) is 0 Å². The van der Waals surface area contributed by atoms with Gasteiger partial charge in [0, 0.05) is 31.0 Å². The lowest BCUT2D eigenvalue weighted by molar-refractivity contribution is 0.267. The van der Waals surface area contributed by atoms with Gasteiger partial charge < -0.3 is 16.1 Å². The SMILES string of the molecule is C=CNCN(C)N/C=C(\N=C)c1cnn(C2CCC(NCCC)CC2)c1. The van der Waals surface area contributed by atoms with Gasteiger partial charge in [-0.2, -0.15) is 5.10 Å². The molecule has 0 bridgehead atoms. The van der Waals surface area contributed by atoms with Gasteiger partial charge in [-0.25, -0.2) is 5.01 Å². The maximum Gasteiger partial charge on any atom is 0.0897 e. The Labute approximate surface area is 157 Å². The van der Waals surface area contributed by atoms with Crippen LogP contribution in [0.3, 0.4) is 0 Å². The van der Waals surface area contributed by atoms with Gasteiger partial charge in [-0.3, -0.25) is 9.67 Å². The van der Waals surface area contributed by atoms with Crippen LogP contribution in [-0.4, -0.2) is 47.8 Å². The van der Waals surface area contributed by atoms with Crippen LogP contribution in [-0.2, 0) is 0 Å². The second-order valence-corrected chi connectivity index (χ2v) is 6.75. The second-order valence-electron chi connectivity index (χ2n) is 6.75. The van der Waals surface area contributed by atoms with E-state index in [0.717, 1.165) is 30.6 Å². The highest BCUT2D eigenvalue weighted by Crippen LogP contribution is 2.29. The number of nitrogens with one attached hydrogen (secondary N) is 3. The lowest BCUT2D eigenvalue weighted by Gasteiger charge is -2.29. The molecule has 0 aromatic carbocycles. The Balaban J connectivity index is 1.91. The van der Waals surface area contributed by atoms with Gasteiger partial charge in [0.25, 0.3) is 0 Å². The number of rotatable bonds is 11. The molecule has 1 aromatic heterocycles. The molecule has 1 aliphatic rings. The third-order valence-electron chi connectivity index (χ3n) is 4.72. The predicted octanol–water partition coefficient (Wildman–Crippen LogP) is 2.49. The standard InChI is InChI=1S/C19H33N7/c1-5-11-22-17-7-9-18(10-8-17)26-14-16(12-24-26)19(20-3)13-23-25(4)15-21-6-2/h6,12-14,17-18,21-23H,2-3,5,7-11,15H2,1,4H3/b19-13-. The van der Waals surface area contributed by atoms with Crippen molar-refractivity contribution in [2.24, 2.45) is 4.99 Å². The van der Waals surface area contributed by atoms with Crippen LogP contribution >= 0.6 is 0 Å². The van der Waals surface area contributed by atoms with Gasteiger partial charge >= 0.3 is 0 Å². The molecule has 144 valence electrons. The first kappa shape index (κ1) is 20.2. The van der Waals surface area contributed by atoms with Crippen molar-refractivity contribution >= 4 is 12.4 Å². The van der Waals surface area contributed by atoms with E-state index in [1.807, 2.05) is 24.5 Å². The largest absolute Gasteiger partial charge is 0.377 e. The molecule has 0 spiro atoms. The molecule has 7 nitrogen and oxygen atoms in total. The Morgan fingerprint density at radius 3 is 2.85 bits per heavy atom. The number of hydrogen-bond donors (Lipinski definition) is 3. The second kappa shape index (κ2) is 10.8. The van der Waals surface area contributed by atoms with Crippen LogP contribution in [0.1, 0.15) is 50.6 Å². The van der Waals surface area contributed by atoms with E-state index in [0.29, 0.717) is 18.8 Å². The van der Waals surface area contributed by atoms with E-state index in [1.165, 1.54) is 19.3 Å². The van der Waals surface area contributed by atoms with Crippen LogP contribution in [0.15, 0.2) is 36.4 Å². The van der Waals surface area contributed by atoms with E-state index in [1.54, 1.807) is 6.20 Å². The summed E-state index contributed by atoms with van der Waals surface area (Å²) >= 11 is 0. The quantitative estimate of drug-likeness (QED) is 0.322. The van der Waals surface area contributed by atoms with Gasteiger partial charge in [0.15, 0.2) is 0 Å². The fourth-order valence-corrected chi connectivity index (χ4v) is 3.20. The molecule has 0 aliphatic heterocycles. The molecule has 1 aliphatic carbocycles. The molecular formula is C19H33N7. The fraction of sp³-hybridized carbons (Fsp3) is 0.579. The Morgan fingerprint density at radius 2 is 2.19 bits per heavy atom. The summed E-state index contributed by atoms with van der Waals surface area (Å²) < 4.78 is 2.09. The van der Waals surface area contributed by atoms with E-state index in [2.05, 4.69) is 57.2 Å². The van der Waals surface area contributed by atoms with Crippen LogP contribution < -0.4 is 16.1 Å². The van der Waals surface area contributed by atoms with Gasteiger partial charge in [-0.05, 0) is 51.6 Å². The Kier molecular flexibility index (Phi) is 8.37. The molecule has 7 heteroatoms. The molecular weight excluding hydrogens is 326 g/mol. The average Bonchev–Trinajstić information content (AvgIpc) is 3.15. The molecule has 3 N–H and O–H groups in total. The number of hydrazine groups is 1. The van der Waals surface area contributed by atoms with Gasteiger partial charge in [-0.15, -0.1) is 0 Å². The van der Waals surface area contributed by atoms with E-state index in [4.69, 9.17) is 0 Å². The summed E-state index contributed by atoms with van der Waals surface area (Å²) in [6, 6.07) is 1.14. The molecule has 0 amide bonds. The zero-order valence-electron chi connectivity index (χ0n) is 16.1. The fourth-order valence-electron chi connectivity index (χ4n) is 3.20. The summed E-state index contributed by atoms with van der Waals surface area (Å²) in [4.78, 5) is 4.13. The van der Waals surface area contributed by atoms with E-state index < -0.39 is 0 Å². The van der Waals surface area contributed by atoms with Crippen molar-refractivity contribution in [2.75, 3.05) is 20.3 Å². The van der Waals surface area contributed by atoms with Crippen molar-refractivity contribution in [3.8, 4) is 0 Å². The summed E-state index contributed by atoms with van der Waals surface area (Å²) in [5.74, 6) is 0. The molecule has 26 heavy (non-hydrogen) atoms. The number of hydrogen-bond acceptors (Lipinski definition) is 6. The molecule has 0 unspecified atom stereocenters. The highest BCUT2D eigenvalue weighted by atomic mass is 15.5. The summed E-state index contributed by atoms with van der Waals surface area (Å²) in [6.45, 7) is 11.3. The minimum absolute atomic E-state index is 0.474. The third-order valence-corrected chi connectivity index (χ3v) is 4.72. The molecule has 1 heterocycles. The summed E-state index contributed by atoms with van der Waals surface area (Å²) in [5, 5.41) is 13.1. The lowest BCUT2D eigenvalue weighted by Crippen LogP contribution is -2.36. The minimum Gasteiger partial charge on any atom is -0.377 e. The highest BCUT2D eigenvalue weighted by molar-refractivity contribution is 5.66. The Hall–Kier alpha value is -2.12. The first-order valence-electron chi connectivity index (χ1n) is 9.44. The highest BCUT2D eigenvalue weighted by Gasteiger charge is 2.22. The first-order valence-corrected chi connectivity index (χ1v) is 9.44. The van der Waals surface area contributed by atoms with Crippen LogP contribution in [0.5, 0.6) is 0 Å². The molecule has 0 radical (unpaired) electrons. The Bertz CT molecular complexity index is 584. The summed E-state index contributed by atoms with van der Waals surface area (Å²) in [7, 11) is 1.93. The van der Waals surface area contributed by atoms with Gasteiger partial charge in [0.1, 0.15) is 0 Å². The van der Waals surface area contributed by atoms with Gasteiger partial charge in [0.05, 0.1) is 24.6 Å². The Morgan fingerprint density at radius 1 is 1.42 bits per heavy atom. The number of aromatic nitrogens is 2. The van der Waals surface area contributed by atoms with Crippen LogP contribution in [0, 0.1) is 0 Å². The molecule has 1 fully saturated rings. The van der Waals surface area contributed by atoms with Crippen molar-refractivity contribution in [1.82, 2.24) is 30.8 Å². The predicted molar refractivity (Wildman–Crippen MR) is 108 cm³/mol. The van der Waals surface area contributed by atoms with Crippen LogP contribution in [0.25, 0.3) is 5.70 Å². The van der Waals surface area contributed by atoms with Crippen molar-refractivity contribution in [3.05, 3.63) is 36.9 Å². The monoisotopic (exact) mass is 359 g/mol. The summed E-state index contributed by atoms with van der Waals surface area (Å²) in [6.07, 6.45) is 13.4. The maximum atomic E-state index is 4.57. The van der Waals surface area contributed by atoms with Crippen molar-refractivity contribution in [2.45, 2.75) is 51.1 Å². The number of nitrogens with zero attached hydrogens (tertiary/aromatic N) is 4. The first-order chi connectivity index (χ1) is 12.7. The van der Waals surface area contributed by atoms with Gasteiger partial charge in [0.2, 0.25) is 0 Å². The zero-order valence-corrected chi connectivity index (χ0v) is 16.1. The molecule has 2 rings (SSSR count). The topological polar surface area (TPSA) is 69.5 Å². The van der Waals surface area contributed by atoms with Crippen molar-refractivity contribution < 1.29 is 0 Å². The van der Waals surface area contributed by atoms with E-state index >= 15 is 0 Å². The normalized spacial score (nSPS) is 20.8. The molecule has 0 saturated heterocycles. The third kappa shape index (κ3) is 6.00. The summed E-state index contributed by atoms with van der Waals surface area (Å²) in [5.41, 5.74) is 4.92. The minimum atomic E-state index is 0.474. The molecule has 0 atom stereocenters. The molecule has 1 aromatic rings. The van der Waals surface area contributed by atoms with Crippen molar-refractivity contribution in [1.29, 1.82) is 0 Å². The maximum absolute atomic E-state index is 4.57. The van der Waals surface area contributed by atoms with Crippen LogP contribution in [0.4, 0.5) is 0 Å². The van der Waals surface area contributed by atoms with Crippen molar-refractivity contribution in [3.63, 3.8) is 0 Å². The molecule has 1 saturated carbocycles. The van der Waals surface area contributed by atoms with Gasteiger partial charge in [-0.1, -0.05) is 13.5 Å². The lowest BCUT2D eigenvalue weighted by atomic mass is 9.91. The van der Waals surface area contributed by atoms with E-state index in [9.17, 15) is 0 Å². The smallest absolute Gasteiger partial charge is 0.0897 e. The van der Waals surface area contributed by atoms with Crippen LogP contribution in [0.2, 0.25) is 0 Å². The average molecular weight is 360 g/mol. The number of aliphatic imine (C=N–C) groups is 1. The zero-order chi connectivity index (χ0) is 18.8.